The van der Waals surface area contributed by atoms with Crippen LogP contribution in [0.25, 0.3) is 0 Å². The van der Waals surface area contributed by atoms with Crippen LogP contribution in [0.3, 0.4) is 0 Å². The molecule has 2 N–H and O–H groups in total. The van der Waals surface area contributed by atoms with Crippen molar-refractivity contribution in [2.45, 2.75) is 56.4 Å². The van der Waals surface area contributed by atoms with Crippen molar-refractivity contribution in [3.63, 3.8) is 0 Å². The summed E-state index contributed by atoms with van der Waals surface area (Å²) in [5.41, 5.74) is 0.428. The lowest BCUT2D eigenvalue weighted by atomic mass is 9.75. The number of nitrogens with zero attached hydrogens (tertiary/aromatic N) is 1. The standard InChI is InChI=1S/C21H29N3O3S/c1-3-16-8-10-21(11-9-16)19(26)24(20(27)23-21)14-18(25)22-12-13-28-17-6-4-15(2)5-7-17/h4-7,16H,3,8-14H2,1-2H3,(H,22,25)(H,23,27). The number of aryl methyl sites for hydroxylation is 1. The molecule has 6 nitrogen and oxygen atoms in total. The van der Waals surface area contributed by atoms with Gasteiger partial charge < -0.3 is 10.6 Å². The van der Waals surface area contributed by atoms with Gasteiger partial charge in [-0.15, -0.1) is 11.8 Å². The molecule has 1 saturated carbocycles. The molecule has 152 valence electrons. The molecule has 1 spiro atoms. The van der Waals surface area contributed by atoms with Crippen LogP contribution in [0.2, 0.25) is 0 Å². The number of hydrogen-bond acceptors (Lipinski definition) is 4. The van der Waals surface area contributed by atoms with Gasteiger partial charge in [-0.2, -0.15) is 0 Å². The zero-order valence-electron chi connectivity index (χ0n) is 16.6. The highest BCUT2D eigenvalue weighted by Gasteiger charge is 2.52. The van der Waals surface area contributed by atoms with Gasteiger partial charge in [0.1, 0.15) is 12.1 Å². The summed E-state index contributed by atoms with van der Waals surface area (Å²) in [7, 11) is 0. The molecular formula is C21H29N3O3S. The Kier molecular flexibility index (Phi) is 6.65. The Labute approximate surface area is 170 Å². The van der Waals surface area contributed by atoms with Gasteiger partial charge in [-0.1, -0.05) is 31.0 Å². The van der Waals surface area contributed by atoms with Crippen molar-refractivity contribution in [1.82, 2.24) is 15.5 Å². The predicted molar refractivity (Wildman–Crippen MR) is 110 cm³/mol. The van der Waals surface area contributed by atoms with Crippen molar-refractivity contribution in [2.24, 2.45) is 5.92 Å². The Hall–Kier alpha value is -2.02. The van der Waals surface area contributed by atoms with Crippen LogP contribution in [-0.2, 0) is 9.59 Å². The number of benzene rings is 1. The van der Waals surface area contributed by atoms with E-state index in [1.807, 2.05) is 6.92 Å². The van der Waals surface area contributed by atoms with Crippen LogP contribution in [0.5, 0.6) is 0 Å². The molecular weight excluding hydrogens is 374 g/mol. The molecule has 4 amide bonds. The third-order valence-electron chi connectivity index (χ3n) is 5.80. The summed E-state index contributed by atoms with van der Waals surface area (Å²) in [6.07, 6.45) is 4.32. The number of thioether (sulfide) groups is 1. The first-order chi connectivity index (χ1) is 13.4. The molecule has 3 rings (SSSR count). The lowest BCUT2D eigenvalue weighted by Gasteiger charge is -2.34. The zero-order chi connectivity index (χ0) is 20.1. The molecule has 0 bridgehead atoms. The second-order valence-corrected chi connectivity index (χ2v) is 8.93. The molecule has 28 heavy (non-hydrogen) atoms. The lowest BCUT2D eigenvalue weighted by Crippen LogP contribution is -2.50. The van der Waals surface area contributed by atoms with Gasteiger partial charge >= 0.3 is 6.03 Å². The highest BCUT2D eigenvalue weighted by Crippen LogP contribution is 2.37. The highest BCUT2D eigenvalue weighted by atomic mass is 32.2. The van der Waals surface area contributed by atoms with Gasteiger partial charge in [-0.05, 0) is 50.7 Å². The molecule has 0 atom stereocenters. The summed E-state index contributed by atoms with van der Waals surface area (Å²) in [5.74, 6) is 0.819. The van der Waals surface area contributed by atoms with E-state index >= 15 is 0 Å². The topological polar surface area (TPSA) is 78.5 Å². The van der Waals surface area contributed by atoms with Gasteiger partial charge in [0.05, 0.1) is 0 Å². The van der Waals surface area contributed by atoms with E-state index in [4.69, 9.17) is 0 Å². The van der Waals surface area contributed by atoms with E-state index < -0.39 is 11.6 Å². The average Bonchev–Trinajstić information content (AvgIpc) is 2.91. The summed E-state index contributed by atoms with van der Waals surface area (Å²) in [6, 6.07) is 7.79. The van der Waals surface area contributed by atoms with Gasteiger partial charge in [-0.3, -0.25) is 14.5 Å². The third-order valence-corrected chi connectivity index (χ3v) is 6.81. The Bertz CT molecular complexity index is 727. The highest BCUT2D eigenvalue weighted by molar-refractivity contribution is 7.99. The fraction of sp³-hybridized carbons (Fsp3) is 0.571. The number of nitrogens with one attached hydrogen (secondary N) is 2. The van der Waals surface area contributed by atoms with E-state index in [1.165, 1.54) is 5.56 Å². The number of hydrogen-bond donors (Lipinski definition) is 2. The van der Waals surface area contributed by atoms with Crippen LogP contribution in [0.1, 0.15) is 44.6 Å². The van der Waals surface area contributed by atoms with Crippen LogP contribution >= 0.6 is 11.8 Å². The Morgan fingerprint density at radius 2 is 1.93 bits per heavy atom. The number of amides is 4. The average molecular weight is 404 g/mol. The lowest BCUT2D eigenvalue weighted by molar-refractivity contribution is -0.136. The van der Waals surface area contributed by atoms with E-state index in [0.717, 1.165) is 34.8 Å². The molecule has 2 aliphatic rings. The second-order valence-electron chi connectivity index (χ2n) is 7.77. The second kappa shape index (κ2) is 8.99. The quantitative estimate of drug-likeness (QED) is 0.417. The van der Waals surface area contributed by atoms with Gasteiger partial charge in [0, 0.05) is 17.2 Å². The summed E-state index contributed by atoms with van der Waals surface area (Å²) >= 11 is 1.66. The van der Waals surface area contributed by atoms with E-state index in [-0.39, 0.29) is 18.4 Å². The SMILES string of the molecule is CCC1CCC2(CC1)NC(=O)N(CC(=O)NCCSc1ccc(C)cc1)C2=O. The van der Waals surface area contributed by atoms with Gasteiger partial charge in [0.2, 0.25) is 5.91 Å². The Morgan fingerprint density at radius 3 is 2.57 bits per heavy atom. The minimum atomic E-state index is -0.787. The molecule has 1 aliphatic heterocycles. The number of carbonyl (C=O) groups excluding carboxylic acids is 3. The molecule has 0 radical (unpaired) electrons. The minimum Gasteiger partial charge on any atom is -0.354 e. The molecule has 0 unspecified atom stereocenters. The molecule has 1 saturated heterocycles. The van der Waals surface area contributed by atoms with Crippen molar-refractivity contribution in [2.75, 3.05) is 18.8 Å². The van der Waals surface area contributed by atoms with Crippen LogP contribution in [0.4, 0.5) is 4.79 Å². The zero-order valence-corrected chi connectivity index (χ0v) is 17.4. The van der Waals surface area contributed by atoms with Gasteiger partial charge in [-0.25, -0.2) is 4.79 Å². The van der Waals surface area contributed by atoms with Crippen molar-refractivity contribution in [3.8, 4) is 0 Å². The molecule has 0 aromatic heterocycles. The molecule has 1 aromatic carbocycles. The Morgan fingerprint density at radius 1 is 1.25 bits per heavy atom. The maximum absolute atomic E-state index is 12.8. The van der Waals surface area contributed by atoms with Crippen LogP contribution in [-0.4, -0.2) is 47.1 Å². The normalized spacial score (nSPS) is 24.5. The number of carbonyl (C=O) groups is 3. The molecule has 1 aromatic rings. The first-order valence-corrected chi connectivity index (χ1v) is 11.0. The van der Waals surface area contributed by atoms with E-state index in [2.05, 4.69) is 41.8 Å². The monoisotopic (exact) mass is 403 g/mol. The van der Waals surface area contributed by atoms with E-state index in [9.17, 15) is 14.4 Å². The van der Waals surface area contributed by atoms with Crippen molar-refractivity contribution < 1.29 is 14.4 Å². The summed E-state index contributed by atoms with van der Waals surface area (Å²) in [6.45, 7) is 4.48. The van der Waals surface area contributed by atoms with Crippen molar-refractivity contribution >= 4 is 29.6 Å². The first kappa shape index (κ1) is 20.7. The van der Waals surface area contributed by atoms with Crippen LogP contribution < -0.4 is 10.6 Å². The molecule has 2 fully saturated rings. The number of rotatable bonds is 7. The van der Waals surface area contributed by atoms with Crippen molar-refractivity contribution in [1.29, 1.82) is 0 Å². The van der Waals surface area contributed by atoms with Gasteiger partial charge in [0.15, 0.2) is 0 Å². The minimum absolute atomic E-state index is 0.210. The number of imide groups is 1. The van der Waals surface area contributed by atoms with Crippen LogP contribution in [0.15, 0.2) is 29.2 Å². The van der Waals surface area contributed by atoms with E-state index in [0.29, 0.717) is 25.3 Å². The maximum atomic E-state index is 12.8. The summed E-state index contributed by atoms with van der Waals surface area (Å²) in [5, 5.41) is 5.67. The summed E-state index contributed by atoms with van der Waals surface area (Å²) < 4.78 is 0. The van der Waals surface area contributed by atoms with Crippen molar-refractivity contribution in [3.05, 3.63) is 29.8 Å². The summed E-state index contributed by atoms with van der Waals surface area (Å²) in [4.78, 5) is 39.6. The number of urea groups is 1. The molecule has 1 aliphatic carbocycles. The fourth-order valence-corrected chi connectivity index (χ4v) is 4.70. The fourth-order valence-electron chi connectivity index (χ4n) is 3.93. The maximum Gasteiger partial charge on any atom is 0.325 e. The third kappa shape index (κ3) is 4.69. The van der Waals surface area contributed by atoms with E-state index in [1.54, 1.807) is 11.8 Å². The first-order valence-electron chi connectivity index (χ1n) is 10.0. The van der Waals surface area contributed by atoms with Gasteiger partial charge in [0.25, 0.3) is 5.91 Å². The van der Waals surface area contributed by atoms with Crippen LogP contribution in [0, 0.1) is 12.8 Å². The predicted octanol–water partition coefficient (Wildman–Crippen LogP) is 3.09. The largest absolute Gasteiger partial charge is 0.354 e. The smallest absolute Gasteiger partial charge is 0.325 e. The molecule has 7 heteroatoms. The Balaban J connectivity index is 1.44. The molecule has 1 heterocycles.